The van der Waals surface area contributed by atoms with Crippen LogP contribution in [0.1, 0.15) is 5.56 Å². The molecule has 3 nitrogen and oxygen atoms in total. The molecule has 94 valence electrons. The number of nitrogen functional groups attached to an aromatic ring is 1. The van der Waals surface area contributed by atoms with E-state index in [-0.39, 0.29) is 0 Å². The van der Waals surface area contributed by atoms with Crippen LogP contribution in [0, 0.1) is 6.92 Å². The normalized spacial score (nSPS) is 10.2. The molecule has 0 aromatic heterocycles. The van der Waals surface area contributed by atoms with Crippen molar-refractivity contribution in [2.75, 3.05) is 20.0 Å². The van der Waals surface area contributed by atoms with Crippen molar-refractivity contribution in [3.8, 4) is 22.6 Å². The molecule has 0 aliphatic carbocycles. The first-order valence-electron chi connectivity index (χ1n) is 5.74. The maximum atomic E-state index is 5.83. The molecule has 2 aromatic rings. The minimum absolute atomic E-state index is 0.722. The van der Waals surface area contributed by atoms with E-state index in [1.807, 2.05) is 37.3 Å². The Morgan fingerprint density at radius 1 is 0.889 bits per heavy atom. The first-order valence-corrected chi connectivity index (χ1v) is 5.74. The van der Waals surface area contributed by atoms with Gasteiger partial charge >= 0.3 is 0 Å². The van der Waals surface area contributed by atoms with E-state index in [0.29, 0.717) is 0 Å². The molecule has 0 fully saturated rings. The molecule has 2 rings (SSSR count). The molecule has 2 aromatic carbocycles. The number of methoxy groups -OCH3 is 2. The Hall–Kier alpha value is -2.16. The van der Waals surface area contributed by atoms with Crippen molar-refractivity contribution in [3.05, 3.63) is 42.0 Å². The van der Waals surface area contributed by atoms with E-state index in [0.717, 1.165) is 33.9 Å². The summed E-state index contributed by atoms with van der Waals surface area (Å²) in [5.74, 6) is 1.69. The lowest BCUT2D eigenvalue weighted by Crippen LogP contribution is -1.92. The van der Waals surface area contributed by atoms with Crippen LogP contribution in [0.5, 0.6) is 11.5 Å². The molecule has 0 bridgehead atoms. The average Bonchev–Trinajstić information content (AvgIpc) is 2.38. The maximum absolute atomic E-state index is 5.83. The minimum atomic E-state index is 0.722. The molecule has 0 aliphatic rings. The molecule has 2 N–H and O–H groups in total. The van der Waals surface area contributed by atoms with Crippen LogP contribution in [-0.4, -0.2) is 14.2 Å². The average molecular weight is 243 g/mol. The van der Waals surface area contributed by atoms with Gasteiger partial charge in [-0.1, -0.05) is 6.07 Å². The third-order valence-corrected chi connectivity index (χ3v) is 2.93. The van der Waals surface area contributed by atoms with E-state index < -0.39 is 0 Å². The fourth-order valence-corrected chi connectivity index (χ4v) is 2.00. The van der Waals surface area contributed by atoms with Gasteiger partial charge in [0.15, 0.2) is 0 Å². The highest BCUT2D eigenvalue weighted by Crippen LogP contribution is 2.34. The number of hydrogen-bond donors (Lipinski definition) is 1. The fraction of sp³-hybridized carbons (Fsp3) is 0.200. The van der Waals surface area contributed by atoms with E-state index in [1.165, 1.54) is 0 Å². The van der Waals surface area contributed by atoms with Crippen molar-refractivity contribution in [1.82, 2.24) is 0 Å². The maximum Gasteiger partial charge on any atom is 0.126 e. The Morgan fingerprint density at radius 2 is 1.56 bits per heavy atom. The number of benzene rings is 2. The van der Waals surface area contributed by atoms with Crippen LogP contribution in [0.25, 0.3) is 11.1 Å². The van der Waals surface area contributed by atoms with Crippen LogP contribution in [0.15, 0.2) is 36.4 Å². The number of nitrogens with two attached hydrogens (primary N) is 1. The molecule has 0 aliphatic heterocycles. The van der Waals surface area contributed by atoms with Gasteiger partial charge in [0.2, 0.25) is 0 Å². The largest absolute Gasteiger partial charge is 0.496 e. The zero-order chi connectivity index (χ0) is 13.1. The Morgan fingerprint density at radius 3 is 2.17 bits per heavy atom. The van der Waals surface area contributed by atoms with Gasteiger partial charge in [0.05, 0.1) is 14.2 Å². The van der Waals surface area contributed by atoms with Crippen LogP contribution in [0.4, 0.5) is 5.69 Å². The molecule has 0 amide bonds. The van der Waals surface area contributed by atoms with Crippen molar-refractivity contribution in [2.45, 2.75) is 6.92 Å². The van der Waals surface area contributed by atoms with E-state index in [9.17, 15) is 0 Å². The lowest BCUT2D eigenvalue weighted by atomic mass is 10.0. The fourth-order valence-electron chi connectivity index (χ4n) is 2.00. The summed E-state index contributed by atoms with van der Waals surface area (Å²) in [5.41, 5.74) is 9.69. The molecule has 0 unspecified atom stereocenters. The second-order valence-electron chi connectivity index (χ2n) is 4.14. The summed E-state index contributed by atoms with van der Waals surface area (Å²) >= 11 is 0. The van der Waals surface area contributed by atoms with E-state index in [2.05, 4.69) is 6.07 Å². The van der Waals surface area contributed by atoms with Gasteiger partial charge < -0.3 is 15.2 Å². The van der Waals surface area contributed by atoms with Gasteiger partial charge in [-0.3, -0.25) is 0 Å². The topological polar surface area (TPSA) is 44.5 Å². The van der Waals surface area contributed by atoms with Crippen LogP contribution in [0.3, 0.4) is 0 Å². The number of rotatable bonds is 3. The highest BCUT2D eigenvalue weighted by Gasteiger charge is 2.08. The van der Waals surface area contributed by atoms with Crippen molar-refractivity contribution in [1.29, 1.82) is 0 Å². The van der Waals surface area contributed by atoms with E-state index in [1.54, 1.807) is 14.2 Å². The first kappa shape index (κ1) is 12.3. The molecule has 0 radical (unpaired) electrons. The smallest absolute Gasteiger partial charge is 0.126 e. The van der Waals surface area contributed by atoms with Crippen molar-refractivity contribution >= 4 is 5.69 Å². The predicted molar refractivity (Wildman–Crippen MR) is 74.1 cm³/mol. The number of anilines is 1. The molecule has 0 heterocycles. The zero-order valence-corrected chi connectivity index (χ0v) is 10.9. The first-order chi connectivity index (χ1) is 8.65. The number of hydrogen-bond acceptors (Lipinski definition) is 3. The highest BCUT2D eigenvalue weighted by atomic mass is 16.5. The quantitative estimate of drug-likeness (QED) is 0.841. The number of aryl methyl sites for hydroxylation is 1. The van der Waals surface area contributed by atoms with Crippen molar-refractivity contribution in [2.24, 2.45) is 0 Å². The van der Waals surface area contributed by atoms with Gasteiger partial charge in [0.25, 0.3) is 0 Å². The summed E-state index contributed by atoms with van der Waals surface area (Å²) in [7, 11) is 3.33. The van der Waals surface area contributed by atoms with Crippen LogP contribution in [0.2, 0.25) is 0 Å². The summed E-state index contributed by atoms with van der Waals surface area (Å²) in [6, 6.07) is 11.6. The summed E-state index contributed by atoms with van der Waals surface area (Å²) in [4.78, 5) is 0. The zero-order valence-electron chi connectivity index (χ0n) is 10.9. The van der Waals surface area contributed by atoms with Gasteiger partial charge in [-0.15, -0.1) is 0 Å². The molecule has 0 spiro atoms. The van der Waals surface area contributed by atoms with Gasteiger partial charge in [-0.2, -0.15) is 0 Å². The molecule has 18 heavy (non-hydrogen) atoms. The number of ether oxygens (including phenoxy) is 2. The molecular weight excluding hydrogens is 226 g/mol. The highest BCUT2D eigenvalue weighted by molar-refractivity contribution is 5.75. The molecule has 0 saturated heterocycles. The SMILES string of the molecule is COc1ccc(-c2cc(N)ccc2OC)cc1C. The summed E-state index contributed by atoms with van der Waals surface area (Å²) < 4.78 is 10.6. The third kappa shape index (κ3) is 2.25. The Balaban J connectivity index is 2.54. The minimum Gasteiger partial charge on any atom is -0.496 e. The van der Waals surface area contributed by atoms with E-state index >= 15 is 0 Å². The van der Waals surface area contributed by atoms with Crippen LogP contribution in [-0.2, 0) is 0 Å². The molecule has 0 atom stereocenters. The van der Waals surface area contributed by atoms with Crippen LogP contribution >= 0.6 is 0 Å². The second-order valence-corrected chi connectivity index (χ2v) is 4.14. The Kier molecular flexibility index (Phi) is 3.42. The summed E-state index contributed by atoms with van der Waals surface area (Å²) in [6.07, 6.45) is 0. The summed E-state index contributed by atoms with van der Waals surface area (Å²) in [5, 5.41) is 0. The molecular formula is C15H17NO2. The van der Waals surface area contributed by atoms with Gasteiger partial charge in [0, 0.05) is 11.3 Å². The lowest BCUT2D eigenvalue weighted by molar-refractivity contribution is 0.411. The Labute approximate surface area is 107 Å². The monoisotopic (exact) mass is 243 g/mol. The summed E-state index contributed by atoms with van der Waals surface area (Å²) in [6.45, 7) is 2.01. The standard InChI is InChI=1S/C15H17NO2/c1-10-8-11(4-6-14(10)17-2)13-9-12(16)5-7-15(13)18-3/h4-9H,16H2,1-3H3. The molecule has 0 saturated carbocycles. The van der Waals surface area contributed by atoms with Crippen molar-refractivity contribution in [3.63, 3.8) is 0 Å². The predicted octanol–water partition coefficient (Wildman–Crippen LogP) is 3.26. The second kappa shape index (κ2) is 5.00. The van der Waals surface area contributed by atoms with E-state index in [4.69, 9.17) is 15.2 Å². The molecule has 3 heteroatoms. The lowest BCUT2D eigenvalue weighted by Gasteiger charge is -2.11. The third-order valence-electron chi connectivity index (χ3n) is 2.93. The van der Waals surface area contributed by atoms with Gasteiger partial charge in [0.1, 0.15) is 11.5 Å². The Bertz CT molecular complexity index is 564. The van der Waals surface area contributed by atoms with Gasteiger partial charge in [-0.05, 0) is 48.4 Å². The van der Waals surface area contributed by atoms with Gasteiger partial charge in [-0.25, -0.2) is 0 Å². The van der Waals surface area contributed by atoms with Crippen molar-refractivity contribution < 1.29 is 9.47 Å². The van der Waals surface area contributed by atoms with Crippen LogP contribution < -0.4 is 15.2 Å².